The van der Waals surface area contributed by atoms with Crippen molar-refractivity contribution in [3.05, 3.63) is 35.4 Å². The number of amides is 1. The first-order chi connectivity index (χ1) is 9.85. The molecule has 0 aliphatic carbocycles. The van der Waals surface area contributed by atoms with Crippen molar-refractivity contribution < 1.29 is 14.6 Å². The number of benzene rings is 1. The molecule has 4 nitrogen and oxygen atoms in total. The van der Waals surface area contributed by atoms with E-state index in [2.05, 4.69) is 5.92 Å². The van der Waals surface area contributed by atoms with Crippen molar-refractivity contribution in [2.45, 2.75) is 39.3 Å². The van der Waals surface area contributed by atoms with E-state index in [0.29, 0.717) is 13.0 Å². The van der Waals surface area contributed by atoms with Crippen molar-refractivity contribution in [3.8, 4) is 12.3 Å². The summed E-state index contributed by atoms with van der Waals surface area (Å²) >= 11 is 0. The van der Waals surface area contributed by atoms with Crippen molar-refractivity contribution in [1.29, 1.82) is 0 Å². The number of aliphatic hydroxyl groups excluding tert-OH is 1. The van der Waals surface area contributed by atoms with Crippen LogP contribution in [0.1, 0.15) is 31.9 Å². The molecule has 4 heteroatoms. The van der Waals surface area contributed by atoms with Gasteiger partial charge in [-0.3, -0.25) is 4.90 Å². The van der Waals surface area contributed by atoms with Gasteiger partial charge in [-0.1, -0.05) is 30.2 Å². The van der Waals surface area contributed by atoms with E-state index >= 15 is 0 Å². The largest absolute Gasteiger partial charge is 0.444 e. The monoisotopic (exact) mass is 289 g/mol. The highest BCUT2D eigenvalue weighted by Crippen LogP contribution is 2.13. The smallest absolute Gasteiger partial charge is 0.411 e. The van der Waals surface area contributed by atoms with Gasteiger partial charge in [0, 0.05) is 13.2 Å². The molecule has 0 spiro atoms. The Balaban J connectivity index is 2.74. The second-order valence-corrected chi connectivity index (χ2v) is 5.83. The van der Waals surface area contributed by atoms with E-state index in [-0.39, 0.29) is 13.2 Å². The van der Waals surface area contributed by atoms with Crippen LogP contribution < -0.4 is 0 Å². The van der Waals surface area contributed by atoms with Crippen LogP contribution in [0.4, 0.5) is 4.79 Å². The number of hydrogen-bond donors (Lipinski definition) is 1. The fourth-order valence-electron chi connectivity index (χ4n) is 1.78. The predicted octanol–water partition coefficient (Wildman–Crippen LogP) is 2.59. The molecule has 114 valence electrons. The number of ether oxygens (including phenoxy) is 1. The maximum Gasteiger partial charge on any atom is 0.411 e. The molecule has 0 saturated heterocycles. The van der Waals surface area contributed by atoms with E-state index in [4.69, 9.17) is 16.3 Å². The third-order valence-corrected chi connectivity index (χ3v) is 2.73. The molecule has 0 heterocycles. The topological polar surface area (TPSA) is 49.8 Å². The fourth-order valence-corrected chi connectivity index (χ4v) is 1.78. The number of terminal acetylenes is 1. The van der Waals surface area contributed by atoms with Crippen LogP contribution in [0.5, 0.6) is 0 Å². The minimum absolute atomic E-state index is 0.125. The lowest BCUT2D eigenvalue weighted by atomic mass is 10.1. The number of nitrogens with zero attached hydrogens (tertiary/aromatic N) is 1. The molecule has 0 fully saturated rings. The molecule has 0 bridgehead atoms. The zero-order valence-electron chi connectivity index (χ0n) is 12.9. The second-order valence-electron chi connectivity index (χ2n) is 5.83. The van der Waals surface area contributed by atoms with Crippen molar-refractivity contribution in [2.75, 3.05) is 13.2 Å². The zero-order chi connectivity index (χ0) is 15.9. The molecule has 0 atom stereocenters. The third-order valence-electron chi connectivity index (χ3n) is 2.73. The quantitative estimate of drug-likeness (QED) is 0.848. The van der Waals surface area contributed by atoms with Crippen molar-refractivity contribution in [1.82, 2.24) is 4.90 Å². The van der Waals surface area contributed by atoms with E-state index in [1.807, 2.05) is 45.0 Å². The first-order valence-corrected chi connectivity index (χ1v) is 6.96. The molecule has 21 heavy (non-hydrogen) atoms. The standard InChI is InChI=1S/C17H23NO3/c1-5-11-18(16(20)21-17(2,3)4)13-15-8-6-14(7-9-15)10-12-19/h1,6-9,19H,10-13H2,2-4H3. The number of carbonyl (C=O) groups is 1. The van der Waals surface area contributed by atoms with E-state index < -0.39 is 11.7 Å². The van der Waals surface area contributed by atoms with Crippen LogP contribution >= 0.6 is 0 Å². The van der Waals surface area contributed by atoms with Crippen LogP contribution in [0.2, 0.25) is 0 Å². The maximum absolute atomic E-state index is 12.1. The van der Waals surface area contributed by atoms with Crippen LogP contribution in [0.25, 0.3) is 0 Å². The van der Waals surface area contributed by atoms with Crippen LogP contribution in [0, 0.1) is 12.3 Å². The first-order valence-electron chi connectivity index (χ1n) is 6.96. The van der Waals surface area contributed by atoms with E-state index in [1.54, 1.807) is 0 Å². The van der Waals surface area contributed by atoms with Crippen molar-refractivity contribution in [2.24, 2.45) is 0 Å². The third kappa shape index (κ3) is 6.33. The summed E-state index contributed by atoms with van der Waals surface area (Å²) in [6.45, 7) is 6.19. The van der Waals surface area contributed by atoms with Gasteiger partial charge < -0.3 is 9.84 Å². The van der Waals surface area contributed by atoms with E-state index in [9.17, 15) is 4.79 Å². The SMILES string of the molecule is C#CCN(Cc1ccc(CCO)cc1)C(=O)OC(C)(C)C. The summed E-state index contributed by atoms with van der Waals surface area (Å²) in [6.07, 6.45) is 5.53. The van der Waals surface area contributed by atoms with E-state index in [1.165, 1.54) is 4.90 Å². The van der Waals surface area contributed by atoms with Gasteiger partial charge in [-0.05, 0) is 38.3 Å². The van der Waals surface area contributed by atoms with Gasteiger partial charge in [-0.2, -0.15) is 0 Å². The average molecular weight is 289 g/mol. The van der Waals surface area contributed by atoms with Gasteiger partial charge in [0.15, 0.2) is 0 Å². The zero-order valence-corrected chi connectivity index (χ0v) is 12.9. The number of rotatable bonds is 5. The molecule has 0 aromatic heterocycles. The van der Waals surface area contributed by atoms with Gasteiger partial charge >= 0.3 is 6.09 Å². The van der Waals surface area contributed by atoms with Gasteiger partial charge in [0.25, 0.3) is 0 Å². The molecular weight excluding hydrogens is 266 g/mol. The van der Waals surface area contributed by atoms with E-state index in [0.717, 1.165) is 11.1 Å². The molecule has 1 aromatic carbocycles. The van der Waals surface area contributed by atoms with Gasteiger partial charge in [-0.25, -0.2) is 4.79 Å². The highest BCUT2D eigenvalue weighted by molar-refractivity contribution is 5.68. The Morgan fingerprint density at radius 3 is 2.33 bits per heavy atom. The summed E-state index contributed by atoms with van der Waals surface area (Å²) in [4.78, 5) is 13.6. The molecule has 0 aliphatic rings. The lowest BCUT2D eigenvalue weighted by Crippen LogP contribution is -2.36. The van der Waals surface area contributed by atoms with Gasteiger partial charge in [0.1, 0.15) is 5.60 Å². The highest BCUT2D eigenvalue weighted by Gasteiger charge is 2.21. The molecule has 1 rings (SSSR count). The summed E-state index contributed by atoms with van der Waals surface area (Å²) in [5.41, 5.74) is 1.48. The average Bonchev–Trinajstić information content (AvgIpc) is 2.39. The van der Waals surface area contributed by atoms with Crippen LogP contribution in [-0.4, -0.2) is 34.9 Å². The molecular formula is C17H23NO3. The Morgan fingerprint density at radius 1 is 1.29 bits per heavy atom. The summed E-state index contributed by atoms with van der Waals surface area (Å²) < 4.78 is 5.35. The first kappa shape index (κ1) is 17.1. The Hall–Kier alpha value is -1.99. The lowest BCUT2D eigenvalue weighted by molar-refractivity contribution is 0.0260. The molecule has 0 radical (unpaired) electrons. The number of carbonyl (C=O) groups excluding carboxylic acids is 1. The molecule has 1 amide bonds. The Labute approximate surface area is 126 Å². The minimum atomic E-state index is -0.547. The highest BCUT2D eigenvalue weighted by atomic mass is 16.6. The molecule has 0 unspecified atom stereocenters. The van der Waals surface area contributed by atoms with Crippen LogP contribution in [0.3, 0.4) is 0 Å². The normalized spacial score (nSPS) is 10.8. The van der Waals surface area contributed by atoms with Gasteiger partial charge in [0.05, 0.1) is 6.54 Å². The second kappa shape index (κ2) is 7.70. The van der Waals surface area contributed by atoms with Crippen molar-refractivity contribution >= 4 is 6.09 Å². The van der Waals surface area contributed by atoms with Gasteiger partial charge in [-0.15, -0.1) is 6.42 Å². The Morgan fingerprint density at radius 2 is 1.86 bits per heavy atom. The lowest BCUT2D eigenvalue weighted by Gasteiger charge is -2.26. The molecule has 1 N–H and O–H groups in total. The Kier molecular flexibility index (Phi) is 6.26. The number of aliphatic hydroxyl groups is 1. The van der Waals surface area contributed by atoms with Crippen LogP contribution in [0.15, 0.2) is 24.3 Å². The predicted molar refractivity (Wildman–Crippen MR) is 82.7 cm³/mol. The maximum atomic E-state index is 12.1. The van der Waals surface area contributed by atoms with Crippen LogP contribution in [-0.2, 0) is 17.7 Å². The summed E-state index contributed by atoms with van der Waals surface area (Å²) in [7, 11) is 0. The molecule has 0 aliphatic heterocycles. The minimum Gasteiger partial charge on any atom is -0.444 e. The van der Waals surface area contributed by atoms with Gasteiger partial charge in [0.2, 0.25) is 0 Å². The summed E-state index contributed by atoms with van der Waals surface area (Å²) in [6, 6.07) is 7.74. The summed E-state index contributed by atoms with van der Waals surface area (Å²) in [5.74, 6) is 2.48. The van der Waals surface area contributed by atoms with Crippen molar-refractivity contribution in [3.63, 3.8) is 0 Å². The molecule has 0 saturated carbocycles. The Bertz CT molecular complexity index is 494. The summed E-state index contributed by atoms with van der Waals surface area (Å²) in [5, 5.41) is 8.89. The molecule has 1 aromatic rings. The fraction of sp³-hybridized carbons (Fsp3) is 0.471. The number of hydrogen-bond acceptors (Lipinski definition) is 3.